The zero-order valence-corrected chi connectivity index (χ0v) is 17.1. The second-order valence-electron chi connectivity index (χ2n) is 7.14. The van der Waals surface area contributed by atoms with E-state index in [9.17, 15) is 0 Å². The van der Waals surface area contributed by atoms with Crippen LogP contribution in [-0.2, 0) is 12.8 Å². The van der Waals surface area contributed by atoms with Crippen LogP contribution in [0, 0.1) is 5.92 Å². The molecule has 3 rings (SSSR count). The Labute approximate surface area is 161 Å². The minimum Gasteiger partial charge on any atom is -0.493 e. The summed E-state index contributed by atoms with van der Waals surface area (Å²) in [5.41, 5.74) is 4.11. The third-order valence-corrected chi connectivity index (χ3v) is 6.28. The van der Waals surface area contributed by atoms with Crippen molar-refractivity contribution in [1.29, 1.82) is 0 Å². The first-order valence-corrected chi connectivity index (χ1v) is 10.3. The van der Waals surface area contributed by atoms with E-state index in [1.54, 1.807) is 14.2 Å². The lowest BCUT2D eigenvalue weighted by molar-refractivity contribution is 0.354. The molecule has 140 valence electrons. The molecule has 0 spiro atoms. The van der Waals surface area contributed by atoms with Gasteiger partial charge in [-0.05, 0) is 54.2 Å². The first kappa shape index (κ1) is 19.0. The van der Waals surface area contributed by atoms with Gasteiger partial charge in [-0.25, -0.2) is 0 Å². The van der Waals surface area contributed by atoms with Crippen molar-refractivity contribution in [1.82, 2.24) is 0 Å². The minimum atomic E-state index is 0.696. The first-order valence-electron chi connectivity index (χ1n) is 9.33. The van der Waals surface area contributed by atoms with E-state index in [0.717, 1.165) is 43.2 Å². The van der Waals surface area contributed by atoms with Gasteiger partial charge in [0.1, 0.15) is 0 Å². The Bertz CT molecular complexity index is 710. The van der Waals surface area contributed by atoms with Crippen molar-refractivity contribution in [2.24, 2.45) is 5.92 Å². The van der Waals surface area contributed by atoms with Crippen LogP contribution in [0.5, 0.6) is 11.5 Å². The minimum absolute atomic E-state index is 0.696. The molecule has 0 saturated carbocycles. The maximum absolute atomic E-state index is 5.49. The molecule has 26 heavy (non-hydrogen) atoms. The lowest BCUT2D eigenvalue weighted by Gasteiger charge is -2.25. The quantitative estimate of drug-likeness (QED) is 0.662. The molecule has 0 saturated heterocycles. The van der Waals surface area contributed by atoms with Gasteiger partial charge in [-0.1, -0.05) is 26.0 Å². The summed E-state index contributed by atoms with van der Waals surface area (Å²) in [6, 6.07) is 13.1. The van der Waals surface area contributed by atoms with Gasteiger partial charge in [0.05, 0.1) is 19.9 Å². The average Bonchev–Trinajstić information content (AvgIpc) is 2.87. The molecule has 0 radical (unpaired) electrons. The number of benzene rings is 2. The number of thioether (sulfide) groups is 1. The number of methoxy groups -OCH3 is 2. The van der Waals surface area contributed by atoms with Crippen LogP contribution < -0.4 is 14.4 Å². The van der Waals surface area contributed by atoms with E-state index in [1.807, 2.05) is 11.8 Å². The van der Waals surface area contributed by atoms with Gasteiger partial charge in [-0.2, -0.15) is 0 Å². The fraction of sp³-hybridized carbons (Fsp3) is 0.455. The van der Waals surface area contributed by atoms with E-state index in [4.69, 9.17) is 9.47 Å². The Morgan fingerprint density at radius 1 is 0.962 bits per heavy atom. The second kappa shape index (κ2) is 8.72. The normalized spacial score (nSPS) is 14.1. The van der Waals surface area contributed by atoms with Gasteiger partial charge in [0, 0.05) is 23.7 Å². The van der Waals surface area contributed by atoms with Crippen molar-refractivity contribution in [2.45, 2.75) is 31.6 Å². The summed E-state index contributed by atoms with van der Waals surface area (Å²) < 4.78 is 11.0. The molecule has 0 amide bonds. The fourth-order valence-corrected chi connectivity index (χ4v) is 4.42. The largest absolute Gasteiger partial charge is 0.493 e. The van der Waals surface area contributed by atoms with Crippen LogP contribution in [0.25, 0.3) is 0 Å². The molecule has 1 aliphatic rings. The molecule has 3 nitrogen and oxygen atoms in total. The van der Waals surface area contributed by atoms with E-state index < -0.39 is 0 Å². The molecule has 0 aromatic heterocycles. The van der Waals surface area contributed by atoms with E-state index >= 15 is 0 Å². The summed E-state index contributed by atoms with van der Waals surface area (Å²) in [6.45, 7) is 6.61. The molecule has 2 aromatic rings. The Hall–Kier alpha value is -1.81. The molecule has 1 heterocycles. The highest BCUT2D eigenvalue weighted by molar-refractivity contribution is 7.99. The number of hydrogen-bond acceptors (Lipinski definition) is 4. The molecular weight excluding hydrogens is 342 g/mol. The number of hydrogen-bond donors (Lipinski definition) is 0. The highest BCUT2D eigenvalue weighted by Crippen LogP contribution is 2.35. The summed E-state index contributed by atoms with van der Waals surface area (Å²) >= 11 is 1.97. The summed E-state index contributed by atoms with van der Waals surface area (Å²) in [7, 11) is 3.41. The Morgan fingerprint density at radius 2 is 1.54 bits per heavy atom. The van der Waals surface area contributed by atoms with E-state index in [1.165, 1.54) is 21.7 Å². The highest BCUT2D eigenvalue weighted by Gasteiger charge is 2.19. The van der Waals surface area contributed by atoms with E-state index in [-0.39, 0.29) is 0 Å². The van der Waals surface area contributed by atoms with Gasteiger partial charge in [-0.3, -0.25) is 0 Å². The number of ether oxygens (including phenoxy) is 2. The Balaban J connectivity index is 1.81. The van der Waals surface area contributed by atoms with Gasteiger partial charge in [0.2, 0.25) is 0 Å². The lowest BCUT2D eigenvalue weighted by Crippen LogP contribution is -2.26. The van der Waals surface area contributed by atoms with E-state index in [2.05, 4.69) is 55.1 Å². The molecular formula is C22H29NO2S. The van der Waals surface area contributed by atoms with Gasteiger partial charge < -0.3 is 14.4 Å². The maximum atomic E-state index is 5.49. The van der Waals surface area contributed by atoms with Crippen LogP contribution in [0.3, 0.4) is 0 Å². The molecule has 0 N–H and O–H groups in total. The average molecular weight is 372 g/mol. The van der Waals surface area contributed by atoms with Crippen LogP contribution in [0.1, 0.15) is 25.0 Å². The topological polar surface area (TPSA) is 21.7 Å². The monoisotopic (exact) mass is 371 g/mol. The Kier molecular flexibility index (Phi) is 6.36. The molecule has 0 unspecified atom stereocenters. The summed E-state index contributed by atoms with van der Waals surface area (Å²) in [4.78, 5) is 3.92. The number of para-hydroxylation sites is 1. The molecule has 0 bridgehead atoms. The molecule has 0 fully saturated rings. The van der Waals surface area contributed by atoms with Crippen LogP contribution in [-0.4, -0.2) is 33.1 Å². The molecule has 4 heteroatoms. The van der Waals surface area contributed by atoms with Gasteiger partial charge in [-0.15, -0.1) is 11.8 Å². The predicted octanol–water partition coefficient (Wildman–Crippen LogP) is 5.06. The molecule has 0 aliphatic carbocycles. The zero-order chi connectivity index (χ0) is 18.5. The smallest absolute Gasteiger partial charge is 0.161 e. The predicted molar refractivity (Wildman–Crippen MR) is 111 cm³/mol. The van der Waals surface area contributed by atoms with Crippen molar-refractivity contribution in [3.05, 3.63) is 47.5 Å². The first-order chi connectivity index (χ1) is 12.6. The summed E-state index contributed by atoms with van der Waals surface area (Å²) in [6.07, 6.45) is 2.05. The van der Waals surface area contributed by atoms with Crippen LogP contribution in [0.2, 0.25) is 0 Å². The van der Waals surface area contributed by atoms with Gasteiger partial charge >= 0.3 is 0 Å². The number of nitrogens with zero attached hydrogens (tertiary/aromatic N) is 1. The van der Waals surface area contributed by atoms with Crippen molar-refractivity contribution < 1.29 is 9.47 Å². The third-order valence-electron chi connectivity index (χ3n) is 4.79. The molecule has 1 aliphatic heterocycles. The standard InChI is InChI=1S/C22H29NO2S/c1-16(2)15-26-22-8-6-5-7-19(22)23-11-9-17-13-20(24-3)21(25-4)14-18(17)10-12-23/h5-8,13-14,16H,9-12,15H2,1-4H3. The maximum Gasteiger partial charge on any atom is 0.161 e. The van der Waals surface area contributed by atoms with Crippen molar-refractivity contribution in [3.63, 3.8) is 0 Å². The van der Waals surface area contributed by atoms with Crippen LogP contribution >= 0.6 is 11.8 Å². The zero-order valence-electron chi connectivity index (χ0n) is 16.2. The second-order valence-corrected chi connectivity index (χ2v) is 8.20. The molecule has 0 atom stereocenters. The van der Waals surface area contributed by atoms with Gasteiger partial charge in [0.25, 0.3) is 0 Å². The van der Waals surface area contributed by atoms with Crippen LogP contribution in [0.4, 0.5) is 5.69 Å². The van der Waals surface area contributed by atoms with Crippen LogP contribution in [0.15, 0.2) is 41.3 Å². The fourth-order valence-electron chi connectivity index (χ4n) is 3.39. The summed E-state index contributed by atoms with van der Waals surface area (Å²) in [5.74, 6) is 3.50. The highest BCUT2D eigenvalue weighted by atomic mass is 32.2. The van der Waals surface area contributed by atoms with Crippen molar-refractivity contribution in [2.75, 3.05) is 38.0 Å². The summed E-state index contributed by atoms with van der Waals surface area (Å²) in [5, 5.41) is 0. The molecule has 2 aromatic carbocycles. The van der Waals surface area contributed by atoms with E-state index in [0.29, 0.717) is 5.92 Å². The Morgan fingerprint density at radius 3 is 2.08 bits per heavy atom. The lowest BCUT2D eigenvalue weighted by atomic mass is 10.0. The SMILES string of the molecule is COc1cc2c(cc1OC)CCN(c1ccccc1SCC(C)C)CC2. The number of anilines is 1. The van der Waals surface area contributed by atoms with Crippen molar-refractivity contribution in [3.8, 4) is 11.5 Å². The van der Waals surface area contributed by atoms with Crippen molar-refractivity contribution >= 4 is 17.4 Å². The number of fused-ring (bicyclic) bond motifs is 1. The van der Waals surface area contributed by atoms with Gasteiger partial charge in [0.15, 0.2) is 11.5 Å². The third kappa shape index (κ3) is 4.29. The number of rotatable bonds is 6.